The van der Waals surface area contributed by atoms with Gasteiger partial charge in [-0.3, -0.25) is 0 Å². The van der Waals surface area contributed by atoms with Gasteiger partial charge in [0.05, 0.1) is 5.02 Å². The van der Waals surface area contributed by atoms with Crippen molar-refractivity contribution in [2.45, 2.75) is 19.5 Å². The van der Waals surface area contributed by atoms with Crippen LogP contribution in [0.2, 0.25) is 10.0 Å². The molecule has 0 bridgehead atoms. The summed E-state index contributed by atoms with van der Waals surface area (Å²) in [6.45, 7) is 2.12. The number of rotatable bonds is 4. The molecule has 0 aliphatic rings. The zero-order chi connectivity index (χ0) is 15.6. The average molecular weight is 395 g/mol. The third kappa shape index (κ3) is 4.16. The summed E-state index contributed by atoms with van der Waals surface area (Å²) in [6, 6.07) is 7.13. The molecule has 1 unspecified atom stereocenters. The van der Waals surface area contributed by atoms with Crippen LogP contribution in [-0.2, 0) is 6.54 Å². The van der Waals surface area contributed by atoms with E-state index in [1.165, 1.54) is 18.2 Å². The molecule has 0 fully saturated rings. The van der Waals surface area contributed by atoms with Crippen LogP contribution >= 0.6 is 39.1 Å². The average Bonchev–Trinajstić information content (AvgIpc) is 2.43. The molecule has 0 saturated heterocycles. The lowest BCUT2D eigenvalue weighted by molar-refractivity contribution is 0.540. The first-order valence-corrected chi connectivity index (χ1v) is 7.75. The molecule has 0 saturated carbocycles. The second-order valence-corrected chi connectivity index (χ2v) is 6.36. The van der Waals surface area contributed by atoms with Crippen molar-refractivity contribution in [2.24, 2.45) is 0 Å². The molecule has 1 atom stereocenters. The van der Waals surface area contributed by atoms with E-state index in [2.05, 4.69) is 21.2 Å². The normalized spacial score (nSPS) is 12.5. The zero-order valence-corrected chi connectivity index (χ0v) is 14.2. The lowest BCUT2D eigenvalue weighted by Crippen LogP contribution is -2.19. The molecule has 1 nitrogen and oxygen atoms in total. The Morgan fingerprint density at radius 2 is 1.81 bits per heavy atom. The Bertz CT molecular complexity index is 664. The van der Waals surface area contributed by atoms with Gasteiger partial charge >= 0.3 is 0 Å². The SMILES string of the molecule is CC(NCc1cc(Br)ccc1F)c1cc(F)c(Cl)cc1Cl. The van der Waals surface area contributed by atoms with Gasteiger partial charge in [0.25, 0.3) is 0 Å². The predicted octanol–water partition coefficient (Wildman–Crippen LogP) is 5.88. The first-order chi connectivity index (χ1) is 9.88. The van der Waals surface area contributed by atoms with Crippen LogP contribution in [0.15, 0.2) is 34.8 Å². The van der Waals surface area contributed by atoms with E-state index in [1.54, 1.807) is 12.1 Å². The van der Waals surface area contributed by atoms with Crippen LogP contribution in [0, 0.1) is 11.6 Å². The van der Waals surface area contributed by atoms with Crippen molar-refractivity contribution in [3.8, 4) is 0 Å². The van der Waals surface area contributed by atoms with E-state index in [9.17, 15) is 8.78 Å². The summed E-state index contributed by atoms with van der Waals surface area (Å²) in [5.41, 5.74) is 1.09. The van der Waals surface area contributed by atoms with Gasteiger partial charge in [-0.15, -0.1) is 0 Å². The molecular formula is C15H12BrCl2F2N. The monoisotopic (exact) mass is 393 g/mol. The summed E-state index contributed by atoms with van der Waals surface area (Å²) in [4.78, 5) is 0. The van der Waals surface area contributed by atoms with Gasteiger partial charge in [0, 0.05) is 27.6 Å². The van der Waals surface area contributed by atoms with E-state index in [0.29, 0.717) is 22.7 Å². The molecule has 0 aromatic heterocycles. The fourth-order valence-corrected chi connectivity index (χ4v) is 2.88. The summed E-state index contributed by atoms with van der Waals surface area (Å²) < 4.78 is 28.0. The number of hydrogen-bond acceptors (Lipinski definition) is 1. The van der Waals surface area contributed by atoms with Crippen LogP contribution in [0.3, 0.4) is 0 Å². The topological polar surface area (TPSA) is 12.0 Å². The largest absolute Gasteiger partial charge is 0.306 e. The second-order valence-electron chi connectivity index (χ2n) is 4.63. The Labute approximate surface area is 140 Å². The Hall–Kier alpha value is -0.680. The van der Waals surface area contributed by atoms with Crippen LogP contribution in [-0.4, -0.2) is 0 Å². The fourth-order valence-electron chi connectivity index (χ4n) is 1.92. The Balaban J connectivity index is 2.13. The molecule has 0 spiro atoms. The number of nitrogens with one attached hydrogen (secondary N) is 1. The van der Waals surface area contributed by atoms with Gasteiger partial charge in [-0.1, -0.05) is 39.1 Å². The maximum Gasteiger partial charge on any atom is 0.142 e. The van der Waals surface area contributed by atoms with Gasteiger partial charge in [0.1, 0.15) is 11.6 Å². The maximum atomic E-state index is 13.7. The molecule has 0 heterocycles. The van der Waals surface area contributed by atoms with Gasteiger partial charge in [0.15, 0.2) is 0 Å². The minimum absolute atomic E-state index is 0.0195. The molecule has 0 amide bonds. The van der Waals surface area contributed by atoms with Crippen LogP contribution in [0.1, 0.15) is 24.1 Å². The highest BCUT2D eigenvalue weighted by Crippen LogP contribution is 2.29. The van der Waals surface area contributed by atoms with Crippen LogP contribution in [0.25, 0.3) is 0 Å². The van der Waals surface area contributed by atoms with Gasteiger partial charge in [-0.2, -0.15) is 0 Å². The molecular weight excluding hydrogens is 383 g/mol. The van der Waals surface area contributed by atoms with E-state index in [-0.39, 0.29) is 16.9 Å². The smallest absolute Gasteiger partial charge is 0.142 e. The molecule has 6 heteroatoms. The molecule has 2 aromatic carbocycles. The molecule has 0 aliphatic heterocycles. The van der Waals surface area contributed by atoms with Crippen molar-refractivity contribution in [3.63, 3.8) is 0 Å². The molecule has 1 N–H and O–H groups in total. The molecule has 2 rings (SSSR count). The molecule has 21 heavy (non-hydrogen) atoms. The first-order valence-electron chi connectivity index (χ1n) is 6.20. The molecule has 112 valence electrons. The Morgan fingerprint density at radius 3 is 2.52 bits per heavy atom. The molecule has 0 aliphatic carbocycles. The lowest BCUT2D eigenvalue weighted by Gasteiger charge is -2.17. The van der Waals surface area contributed by atoms with E-state index >= 15 is 0 Å². The molecule has 0 radical (unpaired) electrons. The zero-order valence-electron chi connectivity index (χ0n) is 11.1. The Kier molecular flexibility index (Phi) is 5.60. The summed E-state index contributed by atoms with van der Waals surface area (Å²) in [6.07, 6.45) is 0. The second kappa shape index (κ2) is 7.05. The van der Waals surface area contributed by atoms with Crippen molar-refractivity contribution in [1.82, 2.24) is 5.32 Å². The van der Waals surface area contributed by atoms with Crippen LogP contribution < -0.4 is 5.32 Å². The number of hydrogen-bond donors (Lipinski definition) is 1. The van der Waals surface area contributed by atoms with E-state index in [0.717, 1.165) is 4.47 Å². The fraction of sp³-hybridized carbons (Fsp3) is 0.200. The maximum absolute atomic E-state index is 13.7. The Morgan fingerprint density at radius 1 is 1.10 bits per heavy atom. The summed E-state index contributed by atoms with van der Waals surface area (Å²) >= 11 is 15.0. The van der Waals surface area contributed by atoms with E-state index in [4.69, 9.17) is 23.2 Å². The standard InChI is InChI=1S/C15H12BrCl2F2N/c1-8(11-5-15(20)13(18)6-12(11)17)21-7-9-4-10(16)2-3-14(9)19/h2-6,8,21H,7H2,1H3. The van der Waals surface area contributed by atoms with Crippen molar-refractivity contribution in [3.05, 3.63) is 67.6 Å². The van der Waals surface area contributed by atoms with Crippen molar-refractivity contribution in [2.75, 3.05) is 0 Å². The highest BCUT2D eigenvalue weighted by molar-refractivity contribution is 9.10. The highest BCUT2D eigenvalue weighted by Gasteiger charge is 2.14. The number of halogens is 5. The quantitative estimate of drug-likeness (QED) is 0.638. The van der Waals surface area contributed by atoms with Crippen molar-refractivity contribution in [1.29, 1.82) is 0 Å². The third-order valence-corrected chi connectivity index (χ3v) is 4.22. The highest BCUT2D eigenvalue weighted by atomic mass is 79.9. The predicted molar refractivity (Wildman–Crippen MR) is 85.8 cm³/mol. The third-order valence-electron chi connectivity index (χ3n) is 3.11. The van der Waals surface area contributed by atoms with Crippen LogP contribution in [0.5, 0.6) is 0 Å². The lowest BCUT2D eigenvalue weighted by atomic mass is 10.1. The minimum Gasteiger partial charge on any atom is -0.306 e. The number of benzene rings is 2. The van der Waals surface area contributed by atoms with Gasteiger partial charge in [0.2, 0.25) is 0 Å². The van der Waals surface area contributed by atoms with E-state index in [1.807, 2.05) is 6.92 Å². The molecule has 2 aromatic rings. The minimum atomic E-state index is -0.529. The van der Waals surface area contributed by atoms with E-state index < -0.39 is 5.82 Å². The van der Waals surface area contributed by atoms with Crippen molar-refractivity contribution >= 4 is 39.1 Å². The summed E-state index contributed by atoms with van der Waals surface area (Å²) in [7, 11) is 0. The summed E-state index contributed by atoms with van der Waals surface area (Å²) in [5, 5.41) is 3.47. The summed E-state index contributed by atoms with van der Waals surface area (Å²) in [5.74, 6) is -0.829. The van der Waals surface area contributed by atoms with Gasteiger partial charge < -0.3 is 5.32 Å². The van der Waals surface area contributed by atoms with Gasteiger partial charge in [-0.25, -0.2) is 8.78 Å². The van der Waals surface area contributed by atoms with Crippen molar-refractivity contribution < 1.29 is 8.78 Å². The van der Waals surface area contributed by atoms with Gasteiger partial charge in [-0.05, 0) is 42.8 Å². The van der Waals surface area contributed by atoms with Crippen LogP contribution in [0.4, 0.5) is 8.78 Å². The first kappa shape index (κ1) is 16.7.